The second kappa shape index (κ2) is 4.16. The van der Waals surface area contributed by atoms with Crippen molar-refractivity contribution in [1.29, 1.82) is 0 Å². The summed E-state index contributed by atoms with van der Waals surface area (Å²) in [5.41, 5.74) is 6.46. The van der Waals surface area contributed by atoms with Crippen molar-refractivity contribution in [3.8, 4) is 11.4 Å². The first-order valence-electron chi connectivity index (χ1n) is 5.47. The van der Waals surface area contributed by atoms with Crippen molar-refractivity contribution in [2.45, 2.75) is 26.8 Å². The Kier molecular flexibility index (Phi) is 2.83. The van der Waals surface area contributed by atoms with Gasteiger partial charge in [0.1, 0.15) is 11.6 Å². The van der Waals surface area contributed by atoms with Crippen molar-refractivity contribution in [3.05, 3.63) is 29.8 Å². The first-order chi connectivity index (χ1) is 8.00. The Labute approximate surface area is 99.3 Å². The van der Waals surface area contributed by atoms with Gasteiger partial charge in [0, 0.05) is 11.6 Å². The molecule has 2 rings (SSSR count). The van der Waals surface area contributed by atoms with Crippen LogP contribution in [0.15, 0.2) is 18.2 Å². The molecule has 0 radical (unpaired) electrons. The summed E-state index contributed by atoms with van der Waals surface area (Å²) in [5, 5.41) is 8.16. The molecule has 2 N–H and O–H groups in total. The second-order valence-electron chi connectivity index (χ2n) is 4.27. The Morgan fingerprint density at radius 2 is 2.00 bits per heavy atom. The highest BCUT2D eigenvalue weighted by Gasteiger charge is 2.14. The van der Waals surface area contributed by atoms with E-state index < -0.39 is 5.82 Å². The minimum Gasteiger partial charge on any atom is -0.396 e. The van der Waals surface area contributed by atoms with Gasteiger partial charge >= 0.3 is 0 Å². The predicted molar refractivity (Wildman–Crippen MR) is 65.0 cm³/mol. The third-order valence-electron chi connectivity index (χ3n) is 2.64. The highest BCUT2D eigenvalue weighted by atomic mass is 19.1. The van der Waals surface area contributed by atoms with Gasteiger partial charge < -0.3 is 10.3 Å². The summed E-state index contributed by atoms with van der Waals surface area (Å²) in [6.45, 7) is 5.99. The van der Waals surface area contributed by atoms with Gasteiger partial charge in [-0.05, 0) is 39.0 Å². The summed E-state index contributed by atoms with van der Waals surface area (Å²) in [5.74, 6) is 1.13. The van der Waals surface area contributed by atoms with Gasteiger partial charge in [0.05, 0.1) is 5.69 Å². The number of benzene rings is 1. The zero-order chi connectivity index (χ0) is 12.6. The van der Waals surface area contributed by atoms with Crippen LogP contribution in [-0.2, 0) is 0 Å². The number of nitrogens with two attached hydrogens (primary N) is 1. The Morgan fingerprint density at radius 1 is 1.29 bits per heavy atom. The molecule has 0 aliphatic rings. The smallest absolute Gasteiger partial charge is 0.164 e. The highest BCUT2D eigenvalue weighted by Crippen LogP contribution is 2.24. The van der Waals surface area contributed by atoms with Crippen molar-refractivity contribution in [2.24, 2.45) is 0 Å². The predicted octanol–water partition coefficient (Wildman–Crippen LogP) is 2.56. The van der Waals surface area contributed by atoms with Gasteiger partial charge in [0.25, 0.3) is 0 Å². The van der Waals surface area contributed by atoms with Crippen LogP contribution in [0, 0.1) is 12.7 Å². The topological polar surface area (TPSA) is 56.7 Å². The Morgan fingerprint density at radius 3 is 2.59 bits per heavy atom. The average Bonchev–Trinajstić information content (AvgIpc) is 2.64. The highest BCUT2D eigenvalue weighted by molar-refractivity contribution is 5.61. The molecule has 0 saturated carbocycles. The van der Waals surface area contributed by atoms with Crippen LogP contribution in [0.5, 0.6) is 0 Å². The minimum absolute atomic E-state index is 0.124. The van der Waals surface area contributed by atoms with E-state index in [0.717, 1.165) is 11.4 Å². The maximum Gasteiger partial charge on any atom is 0.164 e. The maximum absolute atomic E-state index is 13.1. The lowest BCUT2D eigenvalue weighted by atomic mass is 10.1. The van der Waals surface area contributed by atoms with Crippen molar-refractivity contribution in [3.63, 3.8) is 0 Å². The van der Waals surface area contributed by atoms with Crippen molar-refractivity contribution >= 4 is 5.69 Å². The van der Waals surface area contributed by atoms with Gasteiger partial charge in [-0.3, -0.25) is 0 Å². The number of hydrogen-bond donors (Lipinski definition) is 1. The Hall–Kier alpha value is -1.91. The Balaban J connectivity index is 2.56. The van der Waals surface area contributed by atoms with Gasteiger partial charge in [-0.25, -0.2) is 4.39 Å². The van der Waals surface area contributed by atoms with Crippen LogP contribution in [0.1, 0.15) is 25.7 Å². The van der Waals surface area contributed by atoms with Gasteiger partial charge in [0.2, 0.25) is 0 Å². The molecule has 0 bridgehead atoms. The lowest BCUT2D eigenvalue weighted by Crippen LogP contribution is -2.05. The molecular weight excluding hydrogens is 219 g/mol. The first-order valence-corrected chi connectivity index (χ1v) is 5.47. The van der Waals surface area contributed by atoms with Gasteiger partial charge in [-0.1, -0.05) is 0 Å². The van der Waals surface area contributed by atoms with Crippen LogP contribution in [0.2, 0.25) is 0 Å². The summed E-state index contributed by atoms with van der Waals surface area (Å²) >= 11 is 0. The number of rotatable bonds is 2. The van der Waals surface area contributed by atoms with E-state index in [9.17, 15) is 4.39 Å². The molecular formula is C12H15FN4. The molecule has 0 fully saturated rings. The molecule has 2 aromatic rings. The van der Waals surface area contributed by atoms with Crippen molar-refractivity contribution in [2.75, 3.05) is 5.73 Å². The number of anilines is 1. The largest absolute Gasteiger partial charge is 0.396 e. The molecule has 0 spiro atoms. The monoisotopic (exact) mass is 234 g/mol. The molecule has 0 amide bonds. The number of halogens is 1. The summed E-state index contributed by atoms with van der Waals surface area (Å²) in [4.78, 5) is 0. The molecule has 90 valence electrons. The van der Waals surface area contributed by atoms with E-state index >= 15 is 0 Å². The van der Waals surface area contributed by atoms with E-state index in [1.165, 1.54) is 6.07 Å². The zero-order valence-corrected chi connectivity index (χ0v) is 10.1. The van der Waals surface area contributed by atoms with E-state index in [1.807, 2.05) is 25.3 Å². The quantitative estimate of drug-likeness (QED) is 0.812. The molecule has 5 heteroatoms. The maximum atomic E-state index is 13.1. The number of nitrogens with zero attached hydrogens (tertiary/aromatic N) is 3. The molecule has 0 atom stereocenters. The summed E-state index contributed by atoms with van der Waals surface area (Å²) in [6.07, 6.45) is 0. The molecule has 0 unspecified atom stereocenters. The fraction of sp³-hybridized carbons (Fsp3) is 0.333. The zero-order valence-electron chi connectivity index (χ0n) is 10.1. The van der Waals surface area contributed by atoms with E-state index in [0.29, 0.717) is 5.82 Å². The normalized spacial score (nSPS) is 11.1. The van der Waals surface area contributed by atoms with Crippen LogP contribution >= 0.6 is 0 Å². The molecule has 1 heterocycles. The second-order valence-corrected chi connectivity index (χ2v) is 4.27. The summed E-state index contributed by atoms with van der Waals surface area (Å²) < 4.78 is 15.1. The van der Waals surface area contributed by atoms with Crippen LogP contribution in [0.3, 0.4) is 0 Å². The summed E-state index contributed by atoms with van der Waals surface area (Å²) in [6, 6.07) is 4.83. The van der Waals surface area contributed by atoms with Crippen LogP contribution in [-0.4, -0.2) is 14.8 Å². The van der Waals surface area contributed by atoms with Crippen LogP contribution in [0.25, 0.3) is 11.4 Å². The molecule has 1 aromatic heterocycles. The van der Waals surface area contributed by atoms with Crippen molar-refractivity contribution in [1.82, 2.24) is 14.8 Å². The number of nitrogen functional groups attached to an aromatic ring is 1. The van der Waals surface area contributed by atoms with E-state index in [1.54, 1.807) is 12.1 Å². The van der Waals surface area contributed by atoms with Crippen LogP contribution in [0.4, 0.5) is 10.1 Å². The molecule has 17 heavy (non-hydrogen) atoms. The number of aryl methyl sites for hydroxylation is 1. The fourth-order valence-electron chi connectivity index (χ4n) is 1.87. The number of hydrogen-bond acceptors (Lipinski definition) is 3. The first kappa shape index (κ1) is 11.6. The molecule has 0 aliphatic heterocycles. The van der Waals surface area contributed by atoms with Gasteiger partial charge in [-0.2, -0.15) is 0 Å². The van der Waals surface area contributed by atoms with Crippen LogP contribution < -0.4 is 5.73 Å². The average molecular weight is 234 g/mol. The lowest BCUT2D eigenvalue weighted by molar-refractivity contribution is 0.587. The third-order valence-corrected chi connectivity index (χ3v) is 2.64. The number of aromatic nitrogens is 3. The van der Waals surface area contributed by atoms with E-state index in [-0.39, 0.29) is 11.7 Å². The lowest BCUT2D eigenvalue weighted by Gasteiger charge is -2.12. The standard InChI is InChI=1S/C12H15FN4/c1-7(2)17-8(3)15-16-12(17)9-4-5-10(13)11(14)6-9/h4-7H,14H2,1-3H3. The van der Waals surface area contributed by atoms with Gasteiger partial charge in [0.15, 0.2) is 5.82 Å². The molecule has 0 aliphatic carbocycles. The van der Waals surface area contributed by atoms with E-state index in [4.69, 9.17) is 5.73 Å². The molecule has 4 nitrogen and oxygen atoms in total. The van der Waals surface area contributed by atoms with Crippen molar-refractivity contribution < 1.29 is 4.39 Å². The van der Waals surface area contributed by atoms with Gasteiger partial charge in [-0.15, -0.1) is 10.2 Å². The van der Waals surface area contributed by atoms with E-state index in [2.05, 4.69) is 10.2 Å². The SMILES string of the molecule is Cc1nnc(-c2ccc(F)c(N)c2)n1C(C)C. The Bertz CT molecular complexity index is 545. The molecule has 0 saturated heterocycles. The summed E-state index contributed by atoms with van der Waals surface area (Å²) in [7, 11) is 0. The minimum atomic E-state index is -0.416. The fourth-order valence-corrected chi connectivity index (χ4v) is 1.87. The third kappa shape index (κ3) is 2.00. The molecule has 1 aromatic carbocycles.